The van der Waals surface area contributed by atoms with Crippen molar-refractivity contribution in [3.05, 3.63) is 0 Å². The minimum atomic E-state index is -2.53. The van der Waals surface area contributed by atoms with Crippen LogP contribution in [0.1, 0.15) is 41.0 Å². The molecule has 0 aromatic heterocycles. The zero-order chi connectivity index (χ0) is 16.2. The summed E-state index contributed by atoms with van der Waals surface area (Å²) in [4.78, 5) is 0. The summed E-state index contributed by atoms with van der Waals surface area (Å²) in [5.74, 6) is 0. The topological polar surface area (TPSA) is 46.2 Å². The Bertz CT molecular complexity index is 230. The van der Waals surface area contributed by atoms with E-state index in [1.807, 2.05) is 34.6 Å². The Morgan fingerprint density at radius 3 is 1.29 bits per heavy atom. The molecule has 0 unspecified atom stereocenters. The molecule has 0 fully saturated rings. The lowest BCUT2D eigenvalue weighted by atomic mass is 10.6. The molecule has 128 valence electrons. The molecule has 0 saturated heterocycles. The SMILES string of the molecule is CCO[Si](C)(CCC[Si](OCC)(OCC)OCC)OCC. The van der Waals surface area contributed by atoms with E-state index in [1.54, 1.807) is 0 Å². The fraction of sp³-hybridized carbons (Fsp3) is 1.00. The van der Waals surface area contributed by atoms with Gasteiger partial charge < -0.3 is 22.1 Å². The van der Waals surface area contributed by atoms with Crippen molar-refractivity contribution in [3.63, 3.8) is 0 Å². The van der Waals surface area contributed by atoms with Gasteiger partial charge in [-0.05, 0) is 53.6 Å². The van der Waals surface area contributed by atoms with Crippen LogP contribution in [0, 0.1) is 0 Å². The van der Waals surface area contributed by atoms with Crippen molar-refractivity contribution in [2.24, 2.45) is 0 Å². The second-order valence-corrected chi connectivity index (χ2v) is 10.9. The molecule has 0 aliphatic rings. The largest absolute Gasteiger partial charge is 0.500 e. The zero-order valence-electron chi connectivity index (χ0n) is 14.7. The summed E-state index contributed by atoms with van der Waals surface area (Å²) in [5.41, 5.74) is 0. The van der Waals surface area contributed by atoms with Gasteiger partial charge in [0, 0.05) is 39.1 Å². The predicted octanol–water partition coefficient (Wildman–Crippen LogP) is 3.57. The van der Waals surface area contributed by atoms with E-state index in [0.717, 1.165) is 18.5 Å². The van der Waals surface area contributed by atoms with E-state index in [9.17, 15) is 0 Å². The Morgan fingerprint density at radius 2 is 0.952 bits per heavy atom. The maximum absolute atomic E-state index is 5.87. The summed E-state index contributed by atoms with van der Waals surface area (Å²) in [6.07, 6.45) is 0.953. The van der Waals surface area contributed by atoms with Crippen LogP contribution in [-0.4, -0.2) is 50.4 Å². The maximum Gasteiger partial charge on any atom is 0.500 e. The summed E-state index contributed by atoms with van der Waals surface area (Å²) in [6, 6.07) is 1.77. The van der Waals surface area contributed by atoms with Gasteiger partial charge in [-0.25, -0.2) is 0 Å². The average molecular weight is 339 g/mol. The Balaban J connectivity index is 4.57. The molecule has 0 bridgehead atoms. The second kappa shape index (κ2) is 11.8. The second-order valence-electron chi connectivity index (χ2n) is 4.84. The molecule has 0 aromatic carbocycles. The molecule has 0 amide bonds. The van der Waals surface area contributed by atoms with Gasteiger partial charge in [0.15, 0.2) is 0 Å². The smallest absolute Gasteiger partial charge is 0.395 e. The third kappa shape index (κ3) is 8.44. The van der Waals surface area contributed by atoms with Crippen molar-refractivity contribution in [2.75, 3.05) is 33.0 Å². The van der Waals surface area contributed by atoms with E-state index in [2.05, 4.69) is 6.55 Å². The van der Waals surface area contributed by atoms with Crippen LogP contribution in [0.2, 0.25) is 18.6 Å². The standard InChI is InChI=1S/C14H34O5Si2/c1-7-15-20(6,16-8-2)13-12-14-21(17-9-3,18-10-4)19-11-5/h7-14H2,1-6H3. The predicted molar refractivity (Wildman–Crippen MR) is 89.7 cm³/mol. The molecule has 0 atom stereocenters. The van der Waals surface area contributed by atoms with Gasteiger partial charge >= 0.3 is 17.4 Å². The maximum atomic E-state index is 5.87. The average Bonchev–Trinajstić information content (AvgIpc) is 2.40. The normalized spacial score (nSPS) is 12.9. The summed E-state index contributed by atoms with van der Waals surface area (Å²) in [6.45, 7) is 15.4. The molecule has 0 aliphatic heterocycles. The molecule has 0 radical (unpaired) electrons. The summed E-state index contributed by atoms with van der Waals surface area (Å²) >= 11 is 0. The summed E-state index contributed by atoms with van der Waals surface area (Å²) < 4.78 is 29.4. The quantitative estimate of drug-likeness (QED) is 0.453. The zero-order valence-corrected chi connectivity index (χ0v) is 16.7. The van der Waals surface area contributed by atoms with E-state index < -0.39 is 17.4 Å². The Hall–Kier alpha value is 0.234. The van der Waals surface area contributed by atoms with Gasteiger partial charge in [0.05, 0.1) is 0 Å². The van der Waals surface area contributed by atoms with Crippen LogP contribution in [0.25, 0.3) is 0 Å². The lowest BCUT2D eigenvalue weighted by Crippen LogP contribution is -2.46. The van der Waals surface area contributed by atoms with E-state index in [0.29, 0.717) is 33.0 Å². The first-order chi connectivity index (χ1) is 10.0. The molecule has 0 rings (SSSR count). The van der Waals surface area contributed by atoms with Crippen molar-refractivity contribution < 1.29 is 22.1 Å². The fourth-order valence-corrected chi connectivity index (χ4v) is 7.80. The lowest BCUT2D eigenvalue weighted by Gasteiger charge is -2.30. The van der Waals surface area contributed by atoms with Crippen LogP contribution >= 0.6 is 0 Å². The molecule has 0 aromatic rings. The molecule has 0 N–H and O–H groups in total. The number of hydrogen-bond donors (Lipinski definition) is 0. The van der Waals surface area contributed by atoms with Crippen molar-refractivity contribution >= 4 is 17.4 Å². The van der Waals surface area contributed by atoms with Crippen LogP contribution in [0.4, 0.5) is 0 Å². The molecular formula is C14H34O5Si2. The fourth-order valence-electron chi connectivity index (χ4n) is 2.42. The first-order valence-corrected chi connectivity index (χ1v) is 12.7. The Kier molecular flexibility index (Phi) is 11.9. The molecule has 7 heteroatoms. The van der Waals surface area contributed by atoms with E-state index >= 15 is 0 Å². The number of rotatable bonds is 14. The Labute approximate surface area is 132 Å². The Morgan fingerprint density at radius 1 is 0.571 bits per heavy atom. The third-order valence-corrected chi connectivity index (χ3v) is 9.32. The van der Waals surface area contributed by atoms with Crippen molar-refractivity contribution in [3.8, 4) is 0 Å². The molecule has 21 heavy (non-hydrogen) atoms. The van der Waals surface area contributed by atoms with E-state index in [1.165, 1.54) is 0 Å². The van der Waals surface area contributed by atoms with Crippen molar-refractivity contribution in [2.45, 2.75) is 59.7 Å². The van der Waals surface area contributed by atoms with Gasteiger partial charge in [0.1, 0.15) is 0 Å². The van der Waals surface area contributed by atoms with E-state index in [4.69, 9.17) is 22.1 Å². The van der Waals surface area contributed by atoms with Gasteiger partial charge in [-0.2, -0.15) is 0 Å². The first-order valence-electron chi connectivity index (χ1n) is 8.21. The van der Waals surface area contributed by atoms with Crippen LogP contribution < -0.4 is 0 Å². The van der Waals surface area contributed by atoms with Gasteiger partial charge in [-0.1, -0.05) is 0 Å². The van der Waals surface area contributed by atoms with Gasteiger partial charge in [-0.3, -0.25) is 0 Å². The van der Waals surface area contributed by atoms with Crippen LogP contribution in [-0.2, 0) is 22.1 Å². The first kappa shape index (κ1) is 21.2. The van der Waals surface area contributed by atoms with E-state index in [-0.39, 0.29) is 0 Å². The lowest BCUT2D eigenvalue weighted by molar-refractivity contribution is 0.0709. The molecule has 0 spiro atoms. The molecule has 5 nitrogen and oxygen atoms in total. The highest BCUT2D eigenvalue weighted by atomic mass is 28.4. The number of hydrogen-bond acceptors (Lipinski definition) is 5. The highest BCUT2D eigenvalue weighted by molar-refractivity contribution is 6.66. The minimum absolute atomic E-state index is 0.623. The van der Waals surface area contributed by atoms with Crippen molar-refractivity contribution in [1.82, 2.24) is 0 Å². The molecular weight excluding hydrogens is 304 g/mol. The monoisotopic (exact) mass is 338 g/mol. The minimum Gasteiger partial charge on any atom is -0.395 e. The molecule has 0 aliphatic carbocycles. The highest BCUT2D eigenvalue weighted by Crippen LogP contribution is 2.24. The van der Waals surface area contributed by atoms with Crippen LogP contribution in [0.5, 0.6) is 0 Å². The molecule has 0 saturated carbocycles. The third-order valence-electron chi connectivity index (χ3n) is 3.11. The van der Waals surface area contributed by atoms with Gasteiger partial charge in [0.2, 0.25) is 0 Å². The summed E-state index contributed by atoms with van der Waals surface area (Å²) in [5, 5.41) is 0. The molecule has 0 heterocycles. The van der Waals surface area contributed by atoms with Crippen LogP contribution in [0.3, 0.4) is 0 Å². The van der Waals surface area contributed by atoms with Crippen molar-refractivity contribution in [1.29, 1.82) is 0 Å². The summed E-state index contributed by atoms with van der Waals surface area (Å²) in [7, 11) is -4.59. The van der Waals surface area contributed by atoms with Gasteiger partial charge in [0.25, 0.3) is 0 Å². The van der Waals surface area contributed by atoms with Crippen LogP contribution in [0.15, 0.2) is 0 Å². The van der Waals surface area contributed by atoms with Gasteiger partial charge in [-0.15, -0.1) is 0 Å². The highest BCUT2D eigenvalue weighted by Gasteiger charge is 2.41.